The molecule has 0 saturated heterocycles. The number of rotatable bonds is 4. The van der Waals surface area contributed by atoms with Crippen LogP contribution >= 0.6 is 31.9 Å². The highest BCUT2D eigenvalue weighted by Gasteiger charge is 2.21. The van der Waals surface area contributed by atoms with Crippen molar-refractivity contribution in [3.8, 4) is 11.5 Å². The molecule has 19 heavy (non-hydrogen) atoms. The van der Waals surface area contributed by atoms with E-state index in [0.29, 0.717) is 23.6 Å². The maximum atomic E-state index is 11.8. The van der Waals surface area contributed by atoms with Crippen molar-refractivity contribution < 1.29 is 13.9 Å². The molecule has 1 aromatic carbocycles. The average Bonchev–Trinajstić information content (AvgIpc) is 2.84. The van der Waals surface area contributed by atoms with Crippen LogP contribution in [-0.2, 0) is 10.1 Å². The van der Waals surface area contributed by atoms with Gasteiger partial charge in [-0.05, 0) is 31.2 Å². The molecule has 100 valence electrons. The Morgan fingerprint density at radius 3 is 2.63 bits per heavy atom. The number of ether oxygens (including phenoxy) is 1. The van der Waals surface area contributed by atoms with Gasteiger partial charge >= 0.3 is 5.97 Å². The summed E-state index contributed by atoms with van der Waals surface area (Å²) in [6.07, 6.45) is 0. The molecule has 0 amide bonds. The van der Waals surface area contributed by atoms with E-state index in [0.717, 1.165) is 10.0 Å². The Bertz CT molecular complexity index is 578. The number of nitrogens with zero attached hydrogens (tertiary/aromatic N) is 1. The van der Waals surface area contributed by atoms with Gasteiger partial charge < -0.3 is 9.15 Å². The Morgan fingerprint density at radius 2 is 2.05 bits per heavy atom. The number of halogens is 2. The molecule has 0 atom stereocenters. The third kappa shape index (κ3) is 3.25. The zero-order valence-electron chi connectivity index (χ0n) is 10.2. The first-order valence-corrected chi connectivity index (χ1v) is 7.56. The highest BCUT2D eigenvalue weighted by atomic mass is 79.9. The molecule has 1 heterocycles. The minimum atomic E-state index is -0.468. The smallest absolute Gasteiger partial charge is 0.360 e. The second-order valence-corrected chi connectivity index (χ2v) is 5.13. The van der Waals surface area contributed by atoms with Gasteiger partial charge in [-0.15, -0.1) is 0 Å². The zero-order chi connectivity index (χ0) is 13.8. The molecular weight excluding hydrogens is 378 g/mol. The molecule has 0 aliphatic heterocycles. The maximum absolute atomic E-state index is 11.8. The summed E-state index contributed by atoms with van der Waals surface area (Å²) >= 11 is 6.64. The number of benzene rings is 1. The zero-order valence-corrected chi connectivity index (χ0v) is 13.3. The van der Waals surface area contributed by atoms with Gasteiger partial charge in [-0.25, -0.2) is 9.78 Å². The summed E-state index contributed by atoms with van der Waals surface area (Å²) in [7, 11) is 0. The van der Waals surface area contributed by atoms with E-state index < -0.39 is 5.97 Å². The van der Waals surface area contributed by atoms with E-state index in [9.17, 15) is 4.79 Å². The third-order valence-corrected chi connectivity index (χ3v) is 3.42. The van der Waals surface area contributed by atoms with E-state index in [4.69, 9.17) is 9.15 Å². The van der Waals surface area contributed by atoms with Gasteiger partial charge in [-0.1, -0.05) is 31.9 Å². The van der Waals surface area contributed by atoms with Crippen molar-refractivity contribution in [1.82, 2.24) is 4.98 Å². The number of alkyl halides is 1. The Hall–Kier alpha value is -1.14. The fraction of sp³-hybridized carbons (Fsp3) is 0.231. The summed E-state index contributed by atoms with van der Waals surface area (Å²) in [5, 5.41) is 0.407. The van der Waals surface area contributed by atoms with Crippen LogP contribution < -0.4 is 0 Å². The first-order valence-electron chi connectivity index (χ1n) is 5.64. The topological polar surface area (TPSA) is 52.3 Å². The van der Waals surface area contributed by atoms with Crippen molar-refractivity contribution in [3.63, 3.8) is 0 Å². The lowest BCUT2D eigenvalue weighted by Crippen LogP contribution is -2.07. The number of carbonyl (C=O) groups excluding carboxylic acids is 1. The van der Waals surface area contributed by atoms with Gasteiger partial charge in [-0.2, -0.15) is 0 Å². The second-order valence-electron chi connectivity index (χ2n) is 3.65. The second kappa shape index (κ2) is 6.34. The van der Waals surface area contributed by atoms with Crippen LogP contribution in [0.5, 0.6) is 0 Å². The van der Waals surface area contributed by atoms with Crippen LogP contribution in [0.2, 0.25) is 0 Å². The molecule has 0 aliphatic rings. The van der Waals surface area contributed by atoms with Crippen LogP contribution in [0.15, 0.2) is 33.2 Å². The van der Waals surface area contributed by atoms with Gasteiger partial charge in [0.25, 0.3) is 0 Å². The molecule has 0 saturated carbocycles. The van der Waals surface area contributed by atoms with Crippen molar-refractivity contribution in [1.29, 1.82) is 0 Å². The Kier molecular flexibility index (Phi) is 4.76. The highest BCUT2D eigenvalue weighted by molar-refractivity contribution is 9.10. The minimum Gasteiger partial charge on any atom is -0.461 e. The van der Waals surface area contributed by atoms with E-state index in [1.165, 1.54) is 0 Å². The van der Waals surface area contributed by atoms with Gasteiger partial charge in [-0.3, -0.25) is 0 Å². The third-order valence-electron chi connectivity index (χ3n) is 2.38. The minimum absolute atomic E-state index is 0.219. The monoisotopic (exact) mass is 387 g/mol. The summed E-state index contributed by atoms with van der Waals surface area (Å²) in [5.74, 6) is 0.408. The van der Waals surface area contributed by atoms with Crippen LogP contribution in [0.4, 0.5) is 0 Å². The van der Waals surface area contributed by atoms with Crippen molar-refractivity contribution in [3.05, 3.63) is 40.2 Å². The molecule has 0 spiro atoms. The molecule has 1 aromatic heterocycles. The lowest BCUT2D eigenvalue weighted by atomic mass is 10.2. The number of esters is 1. The number of aromatic nitrogens is 1. The van der Waals surface area contributed by atoms with Gasteiger partial charge in [0.2, 0.25) is 5.89 Å². The van der Waals surface area contributed by atoms with Gasteiger partial charge in [0.1, 0.15) is 5.76 Å². The predicted molar refractivity (Wildman–Crippen MR) is 78.2 cm³/mol. The van der Waals surface area contributed by atoms with E-state index in [2.05, 4.69) is 36.8 Å². The Morgan fingerprint density at radius 1 is 1.37 bits per heavy atom. The summed E-state index contributed by atoms with van der Waals surface area (Å²) in [5.41, 5.74) is 1.03. The molecule has 0 bridgehead atoms. The lowest BCUT2D eigenvalue weighted by molar-refractivity contribution is 0.0518. The maximum Gasteiger partial charge on any atom is 0.360 e. The molecule has 2 aromatic rings. The van der Waals surface area contributed by atoms with Crippen LogP contribution in [0.1, 0.15) is 23.2 Å². The summed E-state index contributed by atoms with van der Waals surface area (Å²) in [4.78, 5) is 16.0. The predicted octanol–water partition coefficient (Wildman–Crippen LogP) is 4.18. The molecule has 0 radical (unpaired) electrons. The molecule has 6 heteroatoms. The van der Waals surface area contributed by atoms with E-state index in [1.807, 2.05) is 24.3 Å². The fourth-order valence-electron chi connectivity index (χ4n) is 1.52. The van der Waals surface area contributed by atoms with E-state index in [1.54, 1.807) is 6.92 Å². The number of hydrogen-bond donors (Lipinski definition) is 0. The first kappa shape index (κ1) is 14.3. The quantitative estimate of drug-likeness (QED) is 0.582. The fourth-order valence-corrected chi connectivity index (χ4v) is 2.16. The molecule has 0 fully saturated rings. The Balaban J connectivity index is 2.38. The normalized spacial score (nSPS) is 10.5. The van der Waals surface area contributed by atoms with Crippen molar-refractivity contribution in [2.75, 3.05) is 6.61 Å². The van der Waals surface area contributed by atoms with Gasteiger partial charge in [0.05, 0.1) is 11.9 Å². The van der Waals surface area contributed by atoms with Crippen LogP contribution in [0.3, 0.4) is 0 Å². The van der Waals surface area contributed by atoms with Crippen LogP contribution in [0.25, 0.3) is 11.5 Å². The summed E-state index contributed by atoms with van der Waals surface area (Å²) in [6, 6.07) is 7.50. The number of hydrogen-bond acceptors (Lipinski definition) is 4. The van der Waals surface area contributed by atoms with Crippen molar-refractivity contribution in [2.24, 2.45) is 0 Å². The largest absolute Gasteiger partial charge is 0.461 e. The summed E-state index contributed by atoms with van der Waals surface area (Å²) < 4.78 is 11.5. The van der Waals surface area contributed by atoms with Gasteiger partial charge in [0, 0.05) is 10.0 Å². The molecular formula is C13H11Br2NO3. The highest BCUT2D eigenvalue weighted by Crippen LogP contribution is 2.25. The molecule has 0 unspecified atom stereocenters. The Labute approximate surface area is 127 Å². The summed E-state index contributed by atoms with van der Waals surface area (Å²) in [6.45, 7) is 2.06. The number of oxazole rings is 1. The van der Waals surface area contributed by atoms with E-state index >= 15 is 0 Å². The molecule has 4 nitrogen and oxygen atoms in total. The molecule has 2 rings (SSSR count). The SMILES string of the molecule is CCOC(=O)c1nc(-c2ccc(Br)cc2)oc1CBr. The number of carbonyl (C=O) groups is 1. The first-order chi connectivity index (χ1) is 9.15. The lowest BCUT2D eigenvalue weighted by Gasteiger charge is -1.97. The van der Waals surface area contributed by atoms with E-state index in [-0.39, 0.29) is 5.69 Å². The van der Waals surface area contributed by atoms with Crippen molar-refractivity contribution in [2.45, 2.75) is 12.3 Å². The van der Waals surface area contributed by atoms with Gasteiger partial charge in [0.15, 0.2) is 5.69 Å². The average molecular weight is 389 g/mol. The molecule has 0 aliphatic carbocycles. The van der Waals surface area contributed by atoms with Crippen molar-refractivity contribution >= 4 is 37.8 Å². The molecule has 0 N–H and O–H groups in total. The standard InChI is InChI=1S/C13H11Br2NO3/c1-2-18-13(17)11-10(7-14)19-12(16-11)8-3-5-9(15)6-4-8/h3-6H,2,7H2,1H3. The van der Waals surface area contributed by atoms with Crippen LogP contribution in [0, 0.1) is 0 Å². The van der Waals surface area contributed by atoms with Crippen LogP contribution in [-0.4, -0.2) is 17.6 Å².